The number of hydrogen-bond donors (Lipinski definition) is 0. The fourth-order valence-corrected chi connectivity index (χ4v) is 3.16. The molecule has 1 heterocycles. The van der Waals surface area contributed by atoms with Crippen LogP contribution in [-0.4, -0.2) is 26.5 Å². The van der Waals surface area contributed by atoms with Gasteiger partial charge in [-0.15, -0.1) is 12.4 Å². The largest absolute Gasteiger partial charge is 0.493 e. The molecule has 0 aromatic heterocycles. The molecule has 134 valence electrons. The van der Waals surface area contributed by atoms with Crippen molar-refractivity contribution in [3.63, 3.8) is 0 Å². The number of fused-ring (bicyclic) bond motifs is 1. The molecule has 0 saturated carbocycles. The maximum absolute atomic E-state index is 5.46. The van der Waals surface area contributed by atoms with Crippen LogP contribution in [0, 0.1) is 0 Å². The van der Waals surface area contributed by atoms with Crippen LogP contribution in [0.15, 0.2) is 41.4 Å². The average Bonchev–Trinajstić information content (AvgIpc) is 2.61. The van der Waals surface area contributed by atoms with Gasteiger partial charge in [-0.05, 0) is 41.2 Å². The van der Waals surface area contributed by atoms with E-state index in [2.05, 4.69) is 50.2 Å². The van der Waals surface area contributed by atoms with E-state index in [1.165, 1.54) is 22.3 Å². The molecule has 1 aliphatic heterocycles. The van der Waals surface area contributed by atoms with Crippen molar-refractivity contribution in [2.75, 3.05) is 20.8 Å². The van der Waals surface area contributed by atoms with Gasteiger partial charge in [-0.25, -0.2) is 0 Å². The second-order valence-electron chi connectivity index (χ2n) is 6.52. The van der Waals surface area contributed by atoms with Crippen LogP contribution in [0.25, 0.3) is 0 Å². The fraction of sp³-hybridized carbons (Fsp3) is 0.381. The van der Waals surface area contributed by atoms with Gasteiger partial charge in [-0.3, -0.25) is 4.99 Å². The third-order valence-corrected chi connectivity index (χ3v) is 4.62. The second kappa shape index (κ2) is 8.39. The summed E-state index contributed by atoms with van der Waals surface area (Å²) in [6, 6.07) is 13.0. The highest BCUT2D eigenvalue weighted by molar-refractivity contribution is 6.04. The van der Waals surface area contributed by atoms with Gasteiger partial charge in [0.1, 0.15) is 0 Å². The molecule has 4 heteroatoms. The van der Waals surface area contributed by atoms with E-state index in [0.717, 1.165) is 36.6 Å². The van der Waals surface area contributed by atoms with Crippen molar-refractivity contribution in [1.29, 1.82) is 0 Å². The van der Waals surface area contributed by atoms with Gasteiger partial charge in [-0.1, -0.05) is 38.1 Å². The molecule has 2 aromatic rings. The maximum Gasteiger partial charge on any atom is 0.161 e. The summed E-state index contributed by atoms with van der Waals surface area (Å²) in [6.07, 6.45) is 1.80. The zero-order chi connectivity index (χ0) is 17.1. The second-order valence-corrected chi connectivity index (χ2v) is 6.52. The van der Waals surface area contributed by atoms with Crippen LogP contribution in [0.1, 0.15) is 42.0 Å². The molecule has 3 nitrogen and oxygen atoms in total. The van der Waals surface area contributed by atoms with E-state index in [9.17, 15) is 0 Å². The van der Waals surface area contributed by atoms with Crippen LogP contribution >= 0.6 is 12.4 Å². The van der Waals surface area contributed by atoms with E-state index >= 15 is 0 Å². The van der Waals surface area contributed by atoms with Gasteiger partial charge in [0, 0.05) is 24.2 Å². The summed E-state index contributed by atoms with van der Waals surface area (Å²) < 4.78 is 10.9. The van der Waals surface area contributed by atoms with Crippen LogP contribution in [0.2, 0.25) is 0 Å². The summed E-state index contributed by atoms with van der Waals surface area (Å²) in [6.45, 7) is 5.27. The third kappa shape index (κ3) is 4.16. The molecule has 25 heavy (non-hydrogen) atoms. The normalized spacial score (nSPS) is 12.9. The van der Waals surface area contributed by atoms with Crippen LogP contribution in [-0.2, 0) is 12.8 Å². The van der Waals surface area contributed by atoms with Gasteiger partial charge < -0.3 is 9.47 Å². The molecule has 0 atom stereocenters. The molecule has 0 N–H and O–H groups in total. The van der Waals surface area contributed by atoms with Gasteiger partial charge in [0.2, 0.25) is 0 Å². The molecule has 0 unspecified atom stereocenters. The predicted octanol–water partition coefficient (Wildman–Crippen LogP) is 4.84. The quantitative estimate of drug-likeness (QED) is 0.765. The minimum atomic E-state index is 0. The van der Waals surface area contributed by atoms with E-state index in [0.29, 0.717) is 5.92 Å². The number of ether oxygens (including phenoxy) is 2. The molecule has 0 bridgehead atoms. The number of nitrogens with zero attached hydrogens (tertiary/aromatic N) is 1. The van der Waals surface area contributed by atoms with Gasteiger partial charge in [0.25, 0.3) is 0 Å². The predicted molar refractivity (Wildman–Crippen MR) is 106 cm³/mol. The van der Waals surface area contributed by atoms with E-state index in [-0.39, 0.29) is 12.4 Å². The van der Waals surface area contributed by atoms with E-state index < -0.39 is 0 Å². The Morgan fingerprint density at radius 1 is 1.00 bits per heavy atom. The Morgan fingerprint density at radius 2 is 1.64 bits per heavy atom. The summed E-state index contributed by atoms with van der Waals surface area (Å²) in [5, 5.41) is 0. The Morgan fingerprint density at radius 3 is 2.24 bits per heavy atom. The van der Waals surface area contributed by atoms with Crippen molar-refractivity contribution in [3.05, 3.63) is 58.7 Å². The number of benzene rings is 2. The van der Waals surface area contributed by atoms with Crippen LogP contribution in [0.5, 0.6) is 11.5 Å². The first-order valence-corrected chi connectivity index (χ1v) is 8.49. The minimum absolute atomic E-state index is 0. The molecule has 0 spiro atoms. The summed E-state index contributed by atoms with van der Waals surface area (Å²) in [7, 11) is 3.35. The standard InChI is InChI=1S/C21H25NO2.ClH/c1-14(2)16-7-5-15(6-8-16)11-19-18-13-21(24-4)20(23-3)12-17(18)9-10-22-19;/h5-8,12-14H,9-11H2,1-4H3;1H. The van der Waals surface area contributed by atoms with Crippen molar-refractivity contribution in [3.8, 4) is 11.5 Å². The highest BCUT2D eigenvalue weighted by Gasteiger charge is 2.18. The average molecular weight is 360 g/mol. The summed E-state index contributed by atoms with van der Waals surface area (Å²) in [4.78, 5) is 4.77. The highest BCUT2D eigenvalue weighted by atomic mass is 35.5. The Hall–Kier alpha value is -2.00. The zero-order valence-corrected chi connectivity index (χ0v) is 16.2. The number of rotatable bonds is 5. The summed E-state index contributed by atoms with van der Waals surface area (Å²) in [5.41, 5.74) is 6.27. The van der Waals surface area contributed by atoms with Gasteiger partial charge in [-0.2, -0.15) is 0 Å². The third-order valence-electron chi connectivity index (χ3n) is 4.62. The van der Waals surface area contributed by atoms with Gasteiger partial charge in [0.15, 0.2) is 11.5 Å². The first kappa shape index (κ1) is 19.3. The topological polar surface area (TPSA) is 30.8 Å². The lowest BCUT2D eigenvalue weighted by Crippen LogP contribution is -2.16. The van der Waals surface area contributed by atoms with Crippen molar-refractivity contribution >= 4 is 18.1 Å². The lowest BCUT2D eigenvalue weighted by Gasteiger charge is -2.20. The Kier molecular flexibility index (Phi) is 6.49. The Bertz CT molecular complexity index is 751. The molecule has 0 aliphatic carbocycles. The smallest absolute Gasteiger partial charge is 0.161 e. The lowest BCUT2D eigenvalue weighted by molar-refractivity contribution is 0.354. The van der Waals surface area contributed by atoms with Gasteiger partial charge in [0.05, 0.1) is 14.2 Å². The number of methoxy groups -OCH3 is 2. The SMILES string of the molecule is COc1cc2c(cc1OC)C(Cc1ccc(C(C)C)cc1)=NCC2.Cl. The molecular formula is C21H26ClNO2. The molecule has 0 amide bonds. The monoisotopic (exact) mass is 359 g/mol. The first-order valence-electron chi connectivity index (χ1n) is 8.49. The van der Waals surface area contributed by atoms with E-state index in [4.69, 9.17) is 14.5 Å². The Balaban J connectivity index is 0.00000225. The number of aliphatic imine (C=N–C) groups is 1. The molecular weight excluding hydrogens is 334 g/mol. The summed E-state index contributed by atoms with van der Waals surface area (Å²) >= 11 is 0. The highest BCUT2D eigenvalue weighted by Crippen LogP contribution is 2.33. The van der Waals surface area contributed by atoms with E-state index in [1.807, 2.05) is 0 Å². The van der Waals surface area contributed by atoms with Crippen LogP contribution < -0.4 is 9.47 Å². The van der Waals surface area contributed by atoms with Crippen molar-refractivity contribution in [1.82, 2.24) is 0 Å². The van der Waals surface area contributed by atoms with Crippen LogP contribution in [0.3, 0.4) is 0 Å². The minimum Gasteiger partial charge on any atom is -0.493 e. The number of halogens is 1. The van der Waals surface area contributed by atoms with Crippen molar-refractivity contribution in [2.45, 2.75) is 32.6 Å². The zero-order valence-electron chi connectivity index (χ0n) is 15.3. The molecule has 0 radical (unpaired) electrons. The van der Waals surface area contributed by atoms with Crippen molar-refractivity contribution < 1.29 is 9.47 Å². The van der Waals surface area contributed by atoms with E-state index in [1.54, 1.807) is 14.2 Å². The molecule has 1 aliphatic rings. The van der Waals surface area contributed by atoms with Crippen LogP contribution in [0.4, 0.5) is 0 Å². The first-order chi connectivity index (χ1) is 11.6. The number of hydrogen-bond acceptors (Lipinski definition) is 3. The van der Waals surface area contributed by atoms with Crippen molar-refractivity contribution in [2.24, 2.45) is 4.99 Å². The summed E-state index contributed by atoms with van der Waals surface area (Å²) in [5.74, 6) is 2.11. The molecule has 2 aromatic carbocycles. The Labute approximate surface area is 156 Å². The molecule has 0 fully saturated rings. The lowest BCUT2D eigenvalue weighted by atomic mass is 9.92. The van der Waals surface area contributed by atoms with Gasteiger partial charge >= 0.3 is 0 Å². The molecule has 3 rings (SSSR count). The maximum atomic E-state index is 5.46. The molecule has 0 saturated heterocycles. The fourth-order valence-electron chi connectivity index (χ4n) is 3.16.